The van der Waals surface area contributed by atoms with Crippen LogP contribution in [0.15, 0.2) is 30.3 Å². The van der Waals surface area contributed by atoms with Crippen molar-refractivity contribution in [3.8, 4) is 0 Å². The molecule has 3 heterocycles. The van der Waals surface area contributed by atoms with Crippen LogP contribution in [0.2, 0.25) is 0 Å². The Hall–Kier alpha value is -1.76. The Bertz CT molecular complexity index is 812. The van der Waals surface area contributed by atoms with Crippen LogP contribution in [-0.2, 0) is 4.74 Å². The summed E-state index contributed by atoms with van der Waals surface area (Å²) < 4.78 is 6.53. The standard InChI is InChI=1S/C21H26N2O3S/c1-14-19(27-15(2)22-14)20(25)23-10-8-21(9-11-23)13-17(24)12-18(26-21)16-6-4-3-5-7-16/h3-7,17-18,24H,8-13H2,1-2H3/t17-,18-/m1/s1. The summed E-state index contributed by atoms with van der Waals surface area (Å²) in [5.41, 5.74) is 1.59. The number of aromatic nitrogens is 1. The van der Waals surface area contributed by atoms with Gasteiger partial charge in [-0.05, 0) is 32.3 Å². The molecule has 1 aromatic carbocycles. The maximum Gasteiger partial charge on any atom is 0.265 e. The molecule has 6 heteroatoms. The molecule has 0 aliphatic carbocycles. The Morgan fingerprint density at radius 3 is 2.59 bits per heavy atom. The normalized spacial score (nSPS) is 24.9. The van der Waals surface area contributed by atoms with Crippen molar-refractivity contribution in [1.82, 2.24) is 9.88 Å². The predicted octanol–water partition coefficient (Wildman–Crippen LogP) is 3.65. The van der Waals surface area contributed by atoms with Gasteiger partial charge in [0, 0.05) is 25.9 Å². The van der Waals surface area contributed by atoms with Gasteiger partial charge in [0.05, 0.1) is 28.5 Å². The number of ether oxygens (including phenoxy) is 1. The number of nitrogens with zero attached hydrogens (tertiary/aromatic N) is 2. The van der Waals surface area contributed by atoms with Gasteiger partial charge in [-0.3, -0.25) is 4.79 Å². The Kier molecular flexibility index (Phi) is 5.05. The largest absolute Gasteiger partial charge is 0.393 e. The molecule has 1 amide bonds. The van der Waals surface area contributed by atoms with E-state index in [1.807, 2.05) is 36.9 Å². The summed E-state index contributed by atoms with van der Waals surface area (Å²) in [7, 11) is 0. The molecule has 144 valence electrons. The zero-order chi connectivity index (χ0) is 19.0. The molecule has 2 saturated heterocycles. The number of aryl methyl sites for hydroxylation is 2. The second-order valence-electron chi connectivity index (χ2n) is 7.73. The summed E-state index contributed by atoms with van der Waals surface area (Å²) in [6.45, 7) is 5.14. The van der Waals surface area contributed by atoms with E-state index in [0.29, 0.717) is 25.9 Å². The van der Waals surface area contributed by atoms with Crippen LogP contribution in [0.3, 0.4) is 0 Å². The number of hydrogen-bond acceptors (Lipinski definition) is 5. The lowest BCUT2D eigenvalue weighted by molar-refractivity contribution is -0.181. The highest BCUT2D eigenvalue weighted by Crippen LogP contribution is 2.43. The summed E-state index contributed by atoms with van der Waals surface area (Å²) >= 11 is 1.47. The molecule has 2 aromatic rings. The van der Waals surface area contributed by atoms with Crippen molar-refractivity contribution in [1.29, 1.82) is 0 Å². The van der Waals surface area contributed by atoms with Gasteiger partial charge in [0.15, 0.2) is 0 Å². The first-order valence-corrected chi connectivity index (χ1v) is 10.4. The Labute approximate surface area is 164 Å². The number of carbonyl (C=O) groups is 1. The topological polar surface area (TPSA) is 62.7 Å². The summed E-state index contributed by atoms with van der Waals surface area (Å²) in [6, 6.07) is 10.1. The fourth-order valence-electron chi connectivity index (χ4n) is 4.34. The van der Waals surface area contributed by atoms with Crippen molar-refractivity contribution in [3.05, 3.63) is 51.5 Å². The molecule has 2 atom stereocenters. The molecule has 0 bridgehead atoms. The third kappa shape index (κ3) is 3.79. The van der Waals surface area contributed by atoms with Gasteiger partial charge in [-0.2, -0.15) is 0 Å². The van der Waals surface area contributed by atoms with E-state index in [1.54, 1.807) is 0 Å². The first-order valence-electron chi connectivity index (χ1n) is 9.60. The lowest BCUT2D eigenvalue weighted by Gasteiger charge is -2.48. The monoisotopic (exact) mass is 386 g/mol. The lowest BCUT2D eigenvalue weighted by atomic mass is 9.81. The molecule has 1 spiro atoms. The molecule has 1 aromatic heterocycles. The van der Waals surface area contributed by atoms with Crippen LogP contribution >= 0.6 is 11.3 Å². The van der Waals surface area contributed by atoms with Crippen LogP contribution < -0.4 is 0 Å². The summed E-state index contributed by atoms with van der Waals surface area (Å²) in [5.74, 6) is 0.0731. The third-order valence-corrected chi connectivity index (χ3v) is 6.78. The van der Waals surface area contributed by atoms with Crippen LogP contribution in [0.25, 0.3) is 0 Å². The van der Waals surface area contributed by atoms with Gasteiger partial charge in [-0.15, -0.1) is 11.3 Å². The predicted molar refractivity (Wildman–Crippen MR) is 105 cm³/mol. The van der Waals surface area contributed by atoms with E-state index in [4.69, 9.17) is 4.74 Å². The summed E-state index contributed by atoms with van der Waals surface area (Å²) in [4.78, 5) is 19.9. The van der Waals surface area contributed by atoms with Crippen LogP contribution in [0.1, 0.15) is 57.7 Å². The number of rotatable bonds is 2. The SMILES string of the molecule is Cc1nc(C)c(C(=O)N2CCC3(CC2)C[C@H](O)C[C@H](c2ccccc2)O3)s1. The van der Waals surface area contributed by atoms with E-state index in [0.717, 1.165) is 34.0 Å². The quantitative estimate of drug-likeness (QED) is 0.856. The number of aliphatic hydroxyl groups excluding tert-OH is 1. The summed E-state index contributed by atoms with van der Waals surface area (Å²) in [6.07, 6.45) is 2.36. The Balaban J connectivity index is 1.45. The average Bonchev–Trinajstić information content (AvgIpc) is 3.00. The Morgan fingerprint density at radius 1 is 1.26 bits per heavy atom. The van der Waals surface area contributed by atoms with Crippen LogP contribution in [0, 0.1) is 13.8 Å². The molecule has 0 unspecified atom stereocenters. The van der Waals surface area contributed by atoms with Crippen LogP contribution in [0.4, 0.5) is 0 Å². The minimum atomic E-state index is -0.363. The van der Waals surface area contributed by atoms with Gasteiger partial charge in [0.2, 0.25) is 0 Å². The molecule has 5 nitrogen and oxygen atoms in total. The smallest absolute Gasteiger partial charge is 0.265 e. The average molecular weight is 387 g/mol. The first kappa shape index (κ1) is 18.6. The molecule has 2 aliphatic heterocycles. The number of likely N-dealkylation sites (tertiary alicyclic amines) is 1. The molecule has 0 saturated carbocycles. The van der Waals surface area contributed by atoms with Crippen LogP contribution in [-0.4, -0.2) is 45.7 Å². The highest BCUT2D eigenvalue weighted by molar-refractivity contribution is 7.13. The Morgan fingerprint density at radius 2 is 1.96 bits per heavy atom. The van der Waals surface area contributed by atoms with Gasteiger partial charge in [0.25, 0.3) is 5.91 Å². The number of hydrogen-bond donors (Lipinski definition) is 1. The van der Waals surface area contributed by atoms with Crippen molar-refractivity contribution in [2.75, 3.05) is 13.1 Å². The highest BCUT2D eigenvalue weighted by Gasteiger charge is 2.44. The second kappa shape index (κ2) is 7.34. The molecular weight excluding hydrogens is 360 g/mol. The van der Waals surface area contributed by atoms with E-state index in [-0.39, 0.29) is 23.7 Å². The van der Waals surface area contributed by atoms with Crippen molar-refractivity contribution in [2.24, 2.45) is 0 Å². The minimum absolute atomic E-state index is 0.0731. The van der Waals surface area contributed by atoms with Gasteiger partial charge in [0.1, 0.15) is 4.88 Å². The van der Waals surface area contributed by atoms with Gasteiger partial charge < -0.3 is 14.7 Å². The molecule has 27 heavy (non-hydrogen) atoms. The van der Waals surface area contributed by atoms with E-state index >= 15 is 0 Å². The van der Waals surface area contributed by atoms with E-state index in [2.05, 4.69) is 17.1 Å². The third-order valence-electron chi connectivity index (χ3n) is 5.72. The van der Waals surface area contributed by atoms with Gasteiger partial charge in [-0.1, -0.05) is 30.3 Å². The van der Waals surface area contributed by atoms with Crippen molar-refractivity contribution in [3.63, 3.8) is 0 Å². The molecule has 1 N–H and O–H groups in total. The number of amides is 1. The minimum Gasteiger partial charge on any atom is -0.393 e. The zero-order valence-electron chi connectivity index (χ0n) is 15.9. The van der Waals surface area contributed by atoms with Crippen molar-refractivity contribution in [2.45, 2.75) is 57.3 Å². The maximum atomic E-state index is 12.9. The van der Waals surface area contributed by atoms with Crippen LogP contribution in [0.5, 0.6) is 0 Å². The van der Waals surface area contributed by atoms with Crippen molar-refractivity contribution < 1.29 is 14.6 Å². The van der Waals surface area contributed by atoms with Gasteiger partial charge in [-0.25, -0.2) is 4.98 Å². The molecular formula is C21H26N2O3S. The van der Waals surface area contributed by atoms with Crippen molar-refractivity contribution >= 4 is 17.2 Å². The number of carbonyl (C=O) groups excluding carboxylic acids is 1. The number of benzene rings is 1. The number of piperidine rings is 1. The second-order valence-corrected chi connectivity index (χ2v) is 8.94. The van der Waals surface area contributed by atoms with E-state index in [9.17, 15) is 9.90 Å². The van der Waals surface area contributed by atoms with Gasteiger partial charge >= 0.3 is 0 Å². The fraction of sp³-hybridized carbons (Fsp3) is 0.524. The molecule has 4 rings (SSSR count). The number of thiazole rings is 1. The number of aliphatic hydroxyl groups is 1. The van der Waals surface area contributed by atoms with E-state index in [1.165, 1.54) is 11.3 Å². The zero-order valence-corrected chi connectivity index (χ0v) is 16.7. The summed E-state index contributed by atoms with van der Waals surface area (Å²) in [5, 5.41) is 11.4. The molecule has 2 fully saturated rings. The fourth-order valence-corrected chi connectivity index (χ4v) is 5.23. The van der Waals surface area contributed by atoms with E-state index < -0.39 is 0 Å². The molecule has 0 radical (unpaired) electrons. The maximum absolute atomic E-state index is 12.9. The highest BCUT2D eigenvalue weighted by atomic mass is 32.1. The first-order chi connectivity index (χ1) is 13.0. The lowest BCUT2D eigenvalue weighted by Crippen LogP contribution is -2.52. The molecule has 2 aliphatic rings.